The Morgan fingerprint density at radius 1 is 1.47 bits per heavy atom. The van der Waals surface area contributed by atoms with E-state index >= 15 is 0 Å². The van der Waals surface area contributed by atoms with Crippen LogP contribution in [-0.2, 0) is 9.59 Å². The first-order valence-corrected chi connectivity index (χ1v) is 5.73. The third-order valence-corrected chi connectivity index (χ3v) is 2.70. The maximum Gasteiger partial charge on any atom is 0.244 e. The summed E-state index contributed by atoms with van der Waals surface area (Å²) in [5.74, 6) is -0.347. The smallest absolute Gasteiger partial charge is 0.244 e. The van der Waals surface area contributed by atoms with Crippen molar-refractivity contribution in [1.29, 1.82) is 0 Å². The molecule has 2 unspecified atom stereocenters. The van der Waals surface area contributed by atoms with E-state index in [-0.39, 0.29) is 24.3 Å². The molecule has 1 aliphatic rings. The number of hydrogen-bond donors (Lipinski definition) is 2. The van der Waals surface area contributed by atoms with Gasteiger partial charge in [0.25, 0.3) is 0 Å². The van der Waals surface area contributed by atoms with Crippen LogP contribution in [0.15, 0.2) is 0 Å². The summed E-state index contributed by atoms with van der Waals surface area (Å²) in [6.07, 6.45) is 4.95. The molecule has 0 aliphatic carbocycles. The van der Waals surface area contributed by atoms with Crippen LogP contribution in [0, 0.1) is 0 Å². The van der Waals surface area contributed by atoms with E-state index in [1.54, 1.807) is 0 Å². The molecule has 1 aliphatic heterocycles. The zero-order valence-electron chi connectivity index (χ0n) is 9.51. The number of carbonyl (C=O) groups excluding carboxylic acids is 2. The highest BCUT2D eigenvalue weighted by Crippen LogP contribution is 2.07. The van der Waals surface area contributed by atoms with Crippen LogP contribution in [0.5, 0.6) is 0 Å². The van der Waals surface area contributed by atoms with Crippen LogP contribution in [0.3, 0.4) is 0 Å². The summed E-state index contributed by atoms with van der Waals surface area (Å²) in [7, 11) is 0. The van der Waals surface area contributed by atoms with Crippen molar-refractivity contribution in [2.75, 3.05) is 0 Å². The molecule has 0 aromatic heterocycles. The van der Waals surface area contributed by atoms with Crippen LogP contribution in [0.2, 0.25) is 0 Å². The second-order valence-corrected chi connectivity index (χ2v) is 4.23. The van der Waals surface area contributed by atoms with Crippen LogP contribution < -0.4 is 10.6 Å². The maximum atomic E-state index is 11.3. The lowest BCUT2D eigenvalue weighted by Crippen LogP contribution is -2.41. The fraction of sp³-hybridized carbons (Fsp3) is 0.818. The highest BCUT2D eigenvalue weighted by atomic mass is 16.2. The molecule has 2 N–H and O–H groups in total. The van der Waals surface area contributed by atoms with E-state index in [2.05, 4.69) is 24.5 Å². The Morgan fingerprint density at radius 3 is 2.73 bits per heavy atom. The van der Waals surface area contributed by atoms with Gasteiger partial charge in [-0.1, -0.05) is 26.2 Å². The van der Waals surface area contributed by atoms with Gasteiger partial charge in [-0.3, -0.25) is 14.9 Å². The van der Waals surface area contributed by atoms with E-state index < -0.39 is 0 Å². The lowest BCUT2D eigenvalue weighted by Gasteiger charge is -2.16. The molecule has 2 amide bonds. The first-order chi connectivity index (χ1) is 7.13. The van der Waals surface area contributed by atoms with Crippen molar-refractivity contribution in [3.8, 4) is 0 Å². The van der Waals surface area contributed by atoms with Crippen molar-refractivity contribution in [2.24, 2.45) is 0 Å². The van der Waals surface area contributed by atoms with Crippen LogP contribution >= 0.6 is 0 Å². The van der Waals surface area contributed by atoms with Crippen molar-refractivity contribution in [1.82, 2.24) is 10.6 Å². The molecule has 15 heavy (non-hydrogen) atoms. The topological polar surface area (TPSA) is 58.2 Å². The van der Waals surface area contributed by atoms with E-state index in [4.69, 9.17) is 0 Å². The Balaban J connectivity index is 2.22. The number of nitrogens with one attached hydrogen (secondary N) is 2. The van der Waals surface area contributed by atoms with Crippen molar-refractivity contribution < 1.29 is 9.59 Å². The van der Waals surface area contributed by atoms with Gasteiger partial charge in [0.1, 0.15) is 0 Å². The highest BCUT2D eigenvalue weighted by molar-refractivity contribution is 6.05. The summed E-state index contributed by atoms with van der Waals surface area (Å²) < 4.78 is 0. The van der Waals surface area contributed by atoms with E-state index in [9.17, 15) is 9.59 Å². The van der Waals surface area contributed by atoms with Gasteiger partial charge in [0.2, 0.25) is 11.8 Å². The number of amides is 2. The molecule has 1 rings (SSSR count). The van der Waals surface area contributed by atoms with Gasteiger partial charge in [-0.2, -0.15) is 0 Å². The summed E-state index contributed by atoms with van der Waals surface area (Å²) in [6.45, 7) is 4.23. The van der Waals surface area contributed by atoms with Gasteiger partial charge < -0.3 is 5.32 Å². The molecular weight excluding hydrogens is 192 g/mol. The zero-order valence-corrected chi connectivity index (χ0v) is 9.51. The highest BCUT2D eigenvalue weighted by Gasteiger charge is 2.30. The third-order valence-electron chi connectivity index (χ3n) is 2.70. The molecule has 0 saturated carbocycles. The van der Waals surface area contributed by atoms with Gasteiger partial charge in [-0.05, 0) is 13.3 Å². The molecule has 86 valence electrons. The molecule has 0 radical (unpaired) electrons. The fourth-order valence-electron chi connectivity index (χ4n) is 1.82. The molecule has 0 aromatic rings. The Labute approximate surface area is 90.8 Å². The SMILES string of the molecule is CCCCCC(C)NC1CC(=O)NC1=O. The van der Waals surface area contributed by atoms with E-state index in [0.717, 1.165) is 6.42 Å². The van der Waals surface area contributed by atoms with Crippen molar-refractivity contribution in [2.45, 2.75) is 58.0 Å². The summed E-state index contributed by atoms with van der Waals surface area (Å²) in [5.41, 5.74) is 0. The van der Waals surface area contributed by atoms with Crippen molar-refractivity contribution >= 4 is 11.8 Å². The lowest BCUT2D eigenvalue weighted by molar-refractivity contribution is -0.125. The van der Waals surface area contributed by atoms with E-state index in [1.807, 2.05) is 0 Å². The Hall–Kier alpha value is -0.900. The van der Waals surface area contributed by atoms with Crippen LogP contribution in [0.4, 0.5) is 0 Å². The minimum Gasteiger partial charge on any atom is -0.303 e. The molecule has 4 heteroatoms. The first kappa shape index (κ1) is 12.2. The van der Waals surface area contributed by atoms with E-state index in [1.165, 1.54) is 19.3 Å². The van der Waals surface area contributed by atoms with Gasteiger partial charge in [-0.15, -0.1) is 0 Å². The third kappa shape index (κ3) is 4.00. The minimum atomic E-state index is -0.311. The predicted molar refractivity (Wildman–Crippen MR) is 58.3 cm³/mol. The number of rotatable bonds is 6. The normalized spacial score (nSPS) is 22.9. The number of hydrogen-bond acceptors (Lipinski definition) is 3. The molecular formula is C11H20N2O2. The van der Waals surface area contributed by atoms with E-state index in [0.29, 0.717) is 6.04 Å². The number of carbonyl (C=O) groups is 2. The van der Waals surface area contributed by atoms with Crippen molar-refractivity contribution in [3.05, 3.63) is 0 Å². The van der Waals surface area contributed by atoms with Gasteiger partial charge >= 0.3 is 0 Å². The molecule has 1 saturated heterocycles. The largest absolute Gasteiger partial charge is 0.303 e. The number of imide groups is 1. The molecule has 1 fully saturated rings. The second-order valence-electron chi connectivity index (χ2n) is 4.23. The average Bonchev–Trinajstić information content (AvgIpc) is 2.45. The lowest BCUT2D eigenvalue weighted by atomic mass is 10.1. The molecule has 0 spiro atoms. The van der Waals surface area contributed by atoms with Gasteiger partial charge in [0.15, 0.2) is 0 Å². The van der Waals surface area contributed by atoms with Gasteiger partial charge in [0, 0.05) is 6.04 Å². The van der Waals surface area contributed by atoms with Crippen LogP contribution in [0.1, 0.15) is 46.0 Å². The standard InChI is InChI=1S/C11H20N2O2/c1-3-4-5-6-8(2)12-9-7-10(14)13-11(9)15/h8-9,12H,3-7H2,1-2H3,(H,13,14,15). The molecule has 2 atom stereocenters. The Morgan fingerprint density at radius 2 is 2.20 bits per heavy atom. The Bertz CT molecular complexity index is 241. The van der Waals surface area contributed by atoms with Gasteiger partial charge in [0.05, 0.1) is 12.5 Å². The van der Waals surface area contributed by atoms with Crippen LogP contribution in [0.25, 0.3) is 0 Å². The maximum absolute atomic E-state index is 11.3. The monoisotopic (exact) mass is 212 g/mol. The summed E-state index contributed by atoms with van der Waals surface area (Å²) in [5, 5.41) is 5.48. The quantitative estimate of drug-likeness (QED) is 0.509. The second kappa shape index (κ2) is 5.85. The molecule has 1 heterocycles. The summed E-state index contributed by atoms with van der Waals surface area (Å²) >= 11 is 0. The predicted octanol–water partition coefficient (Wildman–Crippen LogP) is 0.960. The summed E-state index contributed by atoms with van der Waals surface area (Å²) in [4.78, 5) is 22.2. The first-order valence-electron chi connectivity index (χ1n) is 5.73. The zero-order chi connectivity index (χ0) is 11.3. The van der Waals surface area contributed by atoms with Gasteiger partial charge in [-0.25, -0.2) is 0 Å². The number of unbranched alkanes of at least 4 members (excludes halogenated alkanes) is 2. The van der Waals surface area contributed by atoms with Crippen molar-refractivity contribution in [3.63, 3.8) is 0 Å². The molecule has 0 bridgehead atoms. The fourth-order valence-corrected chi connectivity index (χ4v) is 1.82. The molecule has 0 aromatic carbocycles. The Kier molecular flexibility index (Phi) is 4.75. The minimum absolute atomic E-state index is 0.168. The summed E-state index contributed by atoms with van der Waals surface area (Å²) in [6, 6.07) is -0.00711. The van der Waals surface area contributed by atoms with Crippen LogP contribution in [-0.4, -0.2) is 23.9 Å². The average molecular weight is 212 g/mol. The molecule has 4 nitrogen and oxygen atoms in total.